The molecule has 1 fully saturated rings. The van der Waals surface area contributed by atoms with Crippen LogP contribution >= 0.6 is 0 Å². The molecule has 39 heavy (non-hydrogen) atoms. The first-order valence-electron chi connectivity index (χ1n) is 13.5. The Morgan fingerprint density at radius 2 is 1.85 bits per heavy atom. The zero-order chi connectivity index (χ0) is 26.1. The van der Waals surface area contributed by atoms with Gasteiger partial charge in [-0.1, -0.05) is 36.9 Å². The van der Waals surface area contributed by atoms with Crippen LogP contribution in [0.1, 0.15) is 55.4 Å². The molecule has 0 spiro atoms. The second-order valence-corrected chi connectivity index (χ2v) is 10.4. The van der Waals surface area contributed by atoms with Crippen LogP contribution in [0.15, 0.2) is 60.7 Å². The highest BCUT2D eigenvalue weighted by Crippen LogP contribution is 2.41. The molecule has 3 aromatic carbocycles. The lowest BCUT2D eigenvalue weighted by Gasteiger charge is -2.19. The number of phenolic OH excluding ortho intramolecular Hbond substituents is 1. The predicted molar refractivity (Wildman–Crippen MR) is 155 cm³/mol. The van der Waals surface area contributed by atoms with Crippen molar-refractivity contribution in [3.05, 3.63) is 82.9 Å². The van der Waals surface area contributed by atoms with Crippen LogP contribution in [0.2, 0.25) is 0 Å². The van der Waals surface area contributed by atoms with Crippen molar-refractivity contribution < 1.29 is 14.2 Å². The van der Waals surface area contributed by atoms with E-state index in [1.807, 2.05) is 29.9 Å². The largest absolute Gasteiger partial charge is 0.508 e. The van der Waals surface area contributed by atoms with Crippen LogP contribution in [0.25, 0.3) is 22.2 Å². The highest BCUT2D eigenvalue weighted by atomic mass is 19.1. The average molecular weight is 529 g/mol. The molecule has 1 atom stereocenters. The van der Waals surface area contributed by atoms with E-state index < -0.39 is 0 Å². The Hall–Kier alpha value is -3.71. The third-order valence-corrected chi connectivity index (χ3v) is 7.77. The van der Waals surface area contributed by atoms with Crippen LogP contribution in [0.4, 0.5) is 4.39 Å². The lowest BCUT2D eigenvalue weighted by atomic mass is 9.87. The maximum Gasteiger partial charge on any atom is 0.119 e. The first-order valence-corrected chi connectivity index (χ1v) is 13.5. The fraction of sp³-hybridized carbons (Fsp3) is 0.375. The molecule has 6 rings (SSSR count). The van der Waals surface area contributed by atoms with Crippen molar-refractivity contribution in [2.45, 2.75) is 45.6 Å². The van der Waals surface area contributed by atoms with Gasteiger partial charge in [-0.15, -0.1) is 5.10 Å². The van der Waals surface area contributed by atoms with E-state index in [-0.39, 0.29) is 20.2 Å². The third-order valence-electron chi connectivity index (χ3n) is 7.77. The van der Waals surface area contributed by atoms with Crippen molar-refractivity contribution in [3.63, 3.8) is 0 Å². The standard InChI is InChI=1S/C31H33FN4O2.CH4/c1-35-30-19-23(8-13-29(30)33-34-35)27-5-2-4-22-18-24(37)9-12-28(22)31(27)21-6-10-25(11-7-21)38-26-14-17-36(20-26)16-3-15-32;/h6-13,18-19,26,37H,2-5,14-17,20H2,1H3;1H4/t26-;/m0./s1. The van der Waals surface area contributed by atoms with Crippen molar-refractivity contribution in [2.75, 3.05) is 26.3 Å². The topological polar surface area (TPSA) is 63.4 Å². The number of halogens is 1. The Morgan fingerprint density at radius 1 is 1.03 bits per heavy atom. The Labute approximate surface area is 229 Å². The van der Waals surface area contributed by atoms with Crippen LogP contribution < -0.4 is 4.74 Å². The smallest absolute Gasteiger partial charge is 0.119 e. The molecule has 0 saturated carbocycles. The number of hydrogen-bond acceptors (Lipinski definition) is 5. The van der Waals surface area contributed by atoms with Gasteiger partial charge in [0.25, 0.3) is 0 Å². The molecular formula is C32H37FN4O2. The van der Waals surface area contributed by atoms with Gasteiger partial charge in [-0.2, -0.15) is 0 Å². The molecule has 204 valence electrons. The Morgan fingerprint density at radius 3 is 2.67 bits per heavy atom. The minimum atomic E-state index is -0.267. The maximum absolute atomic E-state index is 12.5. The van der Waals surface area contributed by atoms with E-state index in [2.05, 4.69) is 51.6 Å². The van der Waals surface area contributed by atoms with Gasteiger partial charge < -0.3 is 9.84 Å². The van der Waals surface area contributed by atoms with Gasteiger partial charge >= 0.3 is 0 Å². The van der Waals surface area contributed by atoms with E-state index in [0.717, 1.165) is 78.8 Å². The van der Waals surface area contributed by atoms with Gasteiger partial charge in [0.1, 0.15) is 23.1 Å². The maximum atomic E-state index is 12.5. The fourth-order valence-electron chi connectivity index (χ4n) is 5.88. The van der Waals surface area contributed by atoms with Gasteiger partial charge in [-0.05, 0) is 102 Å². The van der Waals surface area contributed by atoms with Crippen molar-refractivity contribution in [1.29, 1.82) is 0 Å². The zero-order valence-electron chi connectivity index (χ0n) is 21.7. The number of hydrogen-bond donors (Lipinski definition) is 1. The number of ether oxygens (including phenoxy) is 1. The second kappa shape index (κ2) is 11.6. The van der Waals surface area contributed by atoms with Crippen molar-refractivity contribution in [3.8, 4) is 11.5 Å². The summed E-state index contributed by atoms with van der Waals surface area (Å²) in [5.74, 6) is 1.16. The number of phenols is 1. The quantitative estimate of drug-likeness (QED) is 0.300. The summed E-state index contributed by atoms with van der Waals surface area (Å²) in [4.78, 5) is 2.28. The molecule has 0 unspecified atom stereocenters. The molecule has 0 amide bonds. The van der Waals surface area contributed by atoms with E-state index in [1.165, 1.54) is 16.7 Å². The molecule has 1 aliphatic heterocycles. The summed E-state index contributed by atoms with van der Waals surface area (Å²) in [6, 6.07) is 20.5. The number of aromatic hydroxyl groups is 1. The molecule has 1 saturated heterocycles. The van der Waals surface area contributed by atoms with Gasteiger partial charge in [0, 0.05) is 26.7 Å². The highest BCUT2D eigenvalue weighted by Gasteiger charge is 2.24. The Bertz CT molecular complexity index is 1480. The Balaban J connectivity index is 0.00000308. The van der Waals surface area contributed by atoms with Gasteiger partial charge in [-0.3, -0.25) is 9.29 Å². The van der Waals surface area contributed by atoms with Crippen LogP contribution in [-0.2, 0) is 13.5 Å². The SMILES string of the molecule is C.Cn1nnc2ccc(C3=C(c4ccc(O[C@H]5CCN(CCCF)C5)cc4)c4ccc(O)cc4CCC3)cc21. The average Bonchev–Trinajstić information content (AvgIpc) is 3.48. The molecule has 2 heterocycles. The first kappa shape index (κ1) is 26.9. The Kier molecular flexibility index (Phi) is 7.98. The molecule has 0 bridgehead atoms. The summed E-state index contributed by atoms with van der Waals surface area (Å²) in [6.07, 6.45) is 4.52. The van der Waals surface area contributed by atoms with Crippen molar-refractivity contribution in [2.24, 2.45) is 7.05 Å². The summed E-state index contributed by atoms with van der Waals surface area (Å²) in [6.45, 7) is 2.33. The molecule has 1 aliphatic carbocycles. The summed E-state index contributed by atoms with van der Waals surface area (Å²) >= 11 is 0. The number of nitrogens with zero attached hydrogens (tertiary/aromatic N) is 4. The number of rotatable bonds is 7. The normalized spacial score (nSPS) is 17.6. The van der Waals surface area contributed by atoms with Gasteiger partial charge in [0.2, 0.25) is 0 Å². The minimum Gasteiger partial charge on any atom is -0.508 e. The number of alkyl halides is 1. The molecule has 2 aliphatic rings. The summed E-state index contributed by atoms with van der Waals surface area (Å²) in [5, 5.41) is 18.6. The molecule has 1 aromatic heterocycles. The van der Waals surface area contributed by atoms with E-state index >= 15 is 0 Å². The molecule has 4 aromatic rings. The molecule has 0 radical (unpaired) electrons. The number of allylic oxidation sites excluding steroid dienone is 1. The van der Waals surface area contributed by atoms with Crippen LogP contribution in [0, 0.1) is 0 Å². The van der Waals surface area contributed by atoms with Gasteiger partial charge in [0.05, 0.1) is 12.2 Å². The second-order valence-electron chi connectivity index (χ2n) is 10.4. The van der Waals surface area contributed by atoms with E-state index in [4.69, 9.17) is 4.74 Å². The van der Waals surface area contributed by atoms with Crippen molar-refractivity contribution >= 4 is 22.2 Å². The number of aryl methyl sites for hydroxylation is 2. The molecule has 7 heteroatoms. The summed E-state index contributed by atoms with van der Waals surface area (Å²) in [5.41, 5.74) is 8.98. The van der Waals surface area contributed by atoms with E-state index in [0.29, 0.717) is 12.2 Å². The lowest BCUT2D eigenvalue weighted by Crippen LogP contribution is -2.26. The van der Waals surface area contributed by atoms with E-state index in [9.17, 15) is 9.50 Å². The highest BCUT2D eigenvalue weighted by molar-refractivity contribution is 6.01. The first-order chi connectivity index (χ1) is 18.6. The predicted octanol–water partition coefficient (Wildman–Crippen LogP) is 6.42. The van der Waals surface area contributed by atoms with E-state index in [1.54, 1.807) is 6.07 Å². The van der Waals surface area contributed by atoms with Gasteiger partial charge in [0.15, 0.2) is 0 Å². The fourth-order valence-corrected chi connectivity index (χ4v) is 5.88. The monoisotopic (exact) mass is 528 g/mol. The van der Waals surface area contributed by atoms with Gasteiger partial charge in [-0.25, -0.2) is 4.68 Å². The number of fused-ring (bicyclic) bond motifs is 2. The zero-order valence-corrected chi connectivity index (χ0v) is 21.7. The summed E-state index contributed by atoms with van der Waals surface area (Å²) < 4.78 is 20.7. The molecule has 6 nitrogen and oxygen atoms in total. The minimum absolute atomic E-state index is 0. The van der Waals surface area contributed by atoms with Crippen LogP contribution in [-0.4, -0.2) is 57.4 Å². The molecular weight excluding hydrogens is 491 g/mol. The van der Waals surface area contributed by atoms with Crippen LogP contribution in [0.3, 0.4) is 0 Å². The number of likely N-dealkylation sites (tertiary alicyclic amines) is 1. The van der Waals surface area contributed by atoms with Crippen molar-refractivity contribution in [1.82, 2.24) is 19.9 Å². The number of benzene rings is 3. The number of aromatic nitrogens is 3. The summed E-state index contributed by atoms with van der Waals surface area (Å²) in [7, 11) is 1.92. The molecule has 1 N–H and O–H groups in total. The van der Waals surface area contributed by atoms with Crippen LogP contribution in [0.5, 0.6) is 11.5 Å². The lowest BCUT2D eigenvalue weighted by molar-refractivity contribution is 0.198. The third kappa shape index (κ3) is 5.55.